The molecule has 1 heterocycles. The van der Waals surface area contributed by atoms with E-state index in [2.05, 4.69) is 5.32 Å². The molecule has 0 aliphatic rings. The van der Waals surface area contributed by atoms with Gasteiger partial charge in [0.05, 0.1) is 0 Å². The van der Waals surface area contributed by atoms with E-state index >= 15 is 0 Å². The van der Waals surface area contributed by atoms with Crippen molar-refractivity contribution in [2.24, 2.45) is 0 Å². The first-order chi connectivity index (χ1) is 15.9. The van der Waals surface area contributed by atoms with Crippen LogP contribution in [0.15, 0.2) is 77.2 Å². The summed E-state index contributed by atoms with van der Waals surface area (Å²) in [6.45, 7) is -0.210. The summed E-state index contributed by atoms with van der Waals surface area (Å²) in [5, 5.41) is 12.4. The van der Waals surface area contributed by atoms with E-state index in [1.807, 2.05) is 6.07 Å². The third kappa shape index (κ3) is 5.35. The Labute approximate surface area is 187 Å². The zero-order valence-electron chi connectivity index (χ0n) is 17.3. The van der Waals surface area contributed by atoms with Gasteiger partial charge in [0.15, 0.2) is 18.2 Å². The average molecular weight is 451 g/mol. The minimum atomic E-state index is -1.18. The fraction of sp³-hybridized carbons (Fsp3) is 0.120. The van der Waals surface area contributed by atoms with E-state index in [1.165, 1.54) is 6.07 Å². The number of benzene rings is 3. The van der Waals surface area contributed by atoms with Crippen LogP contribution in [-0.4, -0.2) is 23.2 Å². The molecule has 2 N–H and O–H groups in total. The number of amides is 1. The first-order valence-corrected chi connectivity index (χ1v) is 10.1. The molecule has 168 valence electrons. The van der Waals surface area contributed by atoms with Gasteiger partial charge in [-0.2, -0.15) is 0 Å². The van der Waals surface area contributed by atoms with Gasteiger partial charge in [-0.1, -0.05) is 42.5 Å². The highest BCUT2D eigenvalue weighted by Gasteiger charge is 2.21. The number of rotatable bonds is 7. The first kappa shape index (κ1) is 22.0. The molecule has 6 nitrogen and oxygen atoms in total. The van der Waals surface area contributed by atoms with Crippen molar-refractivity contribution in [3.8, 4) is 11.1 Å². The van der Waals surface area contributed by atoms with Crippen LogP contribution in [0.4, 0.5) is 13.6 Å². The smallest absolute Gasteiger partial charge is 0.408 e. The fourth-order valence-corrected chi connectivity index (χ4v) is 3.40. The second-order valence-corrected chi connectivity index (χ2v) is 7.40. The number of carbonyl (C=O) groups excluding carboxylic acids is 1. The lowest BCUT2D eigenvalue weighted by Gasteiger charge is -2.14. The van der Waals surface area contributed by atoms with Crippen LogP contribution in [0, 0.1) is 11.6 Å². The van der Waals surface area contributed by atoms with E-state index in [0.717, 1.165) is 17.7 Å². The molecule has 0 aliphatic heterocycles. The summed E-state index contributed by atoms with van der Waals surface area (Å²) in [5.74, 6) is -2.69. The van der Waals surface area contributed by atoms with Crippen molar-refractivity contribution >= 4 is 23.0 Å². The maximum absolute atomic E-state index is 13.5. The van der Waals surface area contributed by atoms with Crippen LogP contribution in [0.1, 0.15) is 11.3 Å². The summed E-state index contributed by atoms with van der Waals surface area (Å²) >= 11 is 0. The van der Waals surface area contributed by atoms with Gasteiger partial charge < -0.3 is 19.6 Å². The standard InChI is InChI=1S/C25H19F2NO5/c26-20-8-6-17(13-21(20)27)16-7-9-23-18(11-16)12-19(33-23)14-32-25(31)28-22(24(29)30)10-15-4-2-1-3-5-15/h1-9,11-13,22H,10,14H2,(H,28,31)(H,29,30)/t22-/m1/s1. The number of carbonyl (C=O) groups is 2. The number of nitrogens with one attached hydrogen (secondary N) is 1. The van der Waals surface area contributed by atoms with Gasteiger partial charge in [0, 0.05) is 11.8 Å². The van der Waals surface area contributed by atoms with Gasteiger partial charge in [0.1, 0.15) is 17.4 Å². The number of ether oxygens (including phenoxy) is 1. The molecule has 1 aromatic heterocycles. The number of halogens is 2. The van der Waals surface area contributed by atoms with Gasteiger partial charge in [0.25, 0.3) is 0 Å². The number of fused-ring (bicyclic) bond motifs is 1. The zero-order chi connectivity index (χ0) is 23.4. The zero-order valence-corrected chi connectivity index (χ0v) is 17.3. The highest BCUT2D eigenvalue weighted by molar-refractivity contribution is 5.84. The molecule has 0 aliphatic carbocycles. The van der Waals surface area contributed by atoms with Gasteiger partial charge in [-0.3, -0.25) is 0 Å². The predicted octanol–water partition coefficient (Wildman–Crippen LogP) is 5.30. The summed E-state index contributed by atoms with van der Waals surface area (Å²) in [7, 11) is 0. The number of carboxylic acid groups (broad SMARTS) is 1. The van der Waals surface area contributed by atoms with E-state index in [4.69, 9.17) is 9.15 Å². The molecule has 0 saturated carbocycles. The van der Waals surface area contributed by atoms with Crippen LogP contribution in [0.25, 0.3) is 22.1 Å². The minimum absolute atomic E-state index is 0.114. The Kier molecular flexibility index (Phi) is 6.35. The quantitative estimate of drug-likeness (QED) is 0.398. The topological polar surface area (TPSA) is 88.8 Å². The molecule has 0 fully saturated rings. The van der Waals surface area contributed by atoms with Crippen molar-refractivity contribution in [3.63, 3.8) is 0 Å². The molecule has 0 radical (unpaired) electrons. The highest BCUT2D eigenvalue weighted by Crippen LogP contribution is 2.28. The summed E-state index contributed by atoms with van der Waals surface area (Å²) in [4.78, 5) is 23.6. The molecule has 3 aromatic carbocycles. The van der Waals surface area contributed by atoms with E-state index in [9.17, 15) is 23.5 Å². The lowest BCUT2D eigenvalue weighted by atomic mass is 10.0. The average Bonchev–Trinajstić information content (AvgIpc) is 3.22. The Bertz CT molecular complexity index is 1300. The molecule has 33 heavy (non-hydrogen) atoms. The molecular weight excluding hydrogens is 432 g/mol. The third-order valence-corrected chi connectivity index (χ3v) is 5.04. The number of alkyl carbamates (subject to hydrolysis) is 1. The van der Waals surface area contributed by atoms with E-state index in [-0.39, 0.29) is 13.0 Å². The Balaban J connectivity index is 1.40. The van der Waals surface area contributed by atoms with Crippen LogP contribution in [0.5, 0.6) is 0 Å². The third-order valence-electron chi connectivity index (χ3n) is 5.04. The second kappa shape index (κ2) is 9.52. The van der Waals surface area contributed by atoms with Crippen molar-refractivity contribution in [3.05, 3.63) is 95.8 Å². The highest BCUT2D eigenvalue weighted by atomic mass is 19.2. The van der Waals surface area contributed by atoms with Gasteiger partial charge in [-0.25, -0.2) is 18.4 Å². The van der Waals surface area contributed by atoms with Crippen LogP contribution in [0.3, 0.4) is 0 Å². The van der Waals surface area contributed by atoms with Crippen LogP contribution >= 0.6 is 0 Å². The Morgan fingerprint density at radius 1 is 0.939 bits per heavy atom. The maximum Gasteiger partial charge on any atom is 0.408 e. The fourth-order valence-electron chi connectivity index (χ4n) is 3.40. The Hall–Kier alpha value is -4.20. The molecule has 1 atom stereocenters. The lowest BCUT2D eigenvalue weighted by Crippen LogP contribution is -2.42. The molecule has 8 heteroatoms. The van der Waals surface area contributed by atoms with Gasteiger partial charge in [0.2, 0.25) is 0 Å². The second-order valence-electron chi connectivity index (χ2n) is 7.40. The molecule has 1 amide bonds. The molecule has 0 bridgehead atoms. The number of hydrogen-bond acceptors (Lipinski definition) is 4. The minimum Gasteiger partial charge on any atom is -0.480 e. The number of furan rings is 1. The van der Waals surface area contributed by atoms with Gasteiger partial charge >= 0.3 is 12.1 Å². The van der Waals surface area contributed by atoms with Crippen molar-refractivity contribution in [1.82, 2.24) is 5.32 Å². The van der Waals surface area contributed by atoms with Crippen molar-refractivity contribution in [1.29, 1.82) is 0 Å². The number of carboxylic acids is 1. The van der Waals surface area contributed by atoms with Gasteiger partial charge in [-0.15, -0.1) is 0 Å². The SMILES string of the molecule is O=C(N[C@H](Cc1ccccc1)C(=O)O)OCc1cc2cc(-c3ccc(F)c(F)c3)ccc2o1. The lowest BCUT2D eigenvalue weighted by molar-refractivity contribution is -0.139. The monoisotopic (exact) mass is 451 g/mol. The Morgan fingerprint density at radius 3 is 2.39 bits per heavy atom. The summed E-state index contributed by atoms with van der Waals surface area (Å²) in [6, 6.07) is 18.2. The predicted molar refractivity (Wildman–Crippen MR) is 116 cm³/mol. The molecule has 4 rings (SSSR count). The van der Waals surface area contributed by atoms with Crippen molar-refractivity contribution < 1.29 is 32.6 Å². The molecule has 0 spiro atoms. The van der Waals surface area contributed by atoms with Crippen LogP contribution < -0.4 is 5.32 Å². The first-order valence-electron chi connectivity index (χ1n) is 10.1. The summed E-state index contributed by atoms with van der Waals surface area (Å²) in [5.41, 5.74) is 2.46. The van der Waals surface area contributed by atoms with Crippen molar-refractivity contribution in [2.45, 2.75) is 19.1 Å². The number of aliphatic carboxylic acids is 1. The largest absolute Gasteiger partial charge is 0.480 e. The molecule has 4 aromatic rings. The van der Waals surface area contributed by atoms with Crippen LogP contribution in [0.2, 0.25) is 0 Å². The maximum atomic E-state index is 13.5. The number of hydrogen-bond donors (Lipinski definition) is 2. The molecule has 0 unspecified atom stereocenters. The van der Waals surface area contributed by atoms with Gasteiger partial charge in [-0.05, 0) is 47.0 Å². The Morgan fingerprint density at radius 2 is 1.67 bits per heavy atom. The van der Waals surface area contributed by atoms with Crippen LogP contribution in [-0.2, 0) is 22.6 Å². The van der Waals surface area contributed by atoms with E-state index in [0.29, 0.717) is 27.9 Å². The van der Waals surface area contributed by atoms with E-state index in [1.54, 1.807) is 48.5 Å². The van der Waals surface area contributed by atoms with E-state index < -0.39 is 29.7 Å². The summed E-state index contributed by atoms with van der Waals surface area (Å²) in [6.07, 6.45) is -0.774. The summed E-state index contributed by atoms with van der Waals surface area (Å²) < 4.78 is 37.5. The molecule has 0 saturated heterocycles. The molecular formula is C25H19F2NO5. The normalized spacial score (nSPS) is 11.8. The van der Waals surface area contributed by atoms with Crippen molar-refractivity contribution in [2.75, 3.05) is 0 Å².